The Morgan fingerprint density at radius 3 is 2.37 bits per heavy atom. The summed E-state index contributed by atoms with van der Waals surface area (Å²) in [4.78, 5) is 41.7. The van der Waals surface area contributed by atoms with Crippen LogP contribution in [0.5, 0.6) is 0 Å². The van der Waals surface area contributed by atoms with Crippen molar-refractivity contribution in [3.05, 3.63) is 80.6 Å². The minimum atomic E-state index is -0.466. The summed E-state index contributed by atoms with van der Waals surface area (Å²) < 4.78 is 2.56. The monoisotopic (exact) mass is 361 g/mol. The molecule has 6 heteroatoms. The van der Waals surface area contributed by atoms with Crippen molar-refractivity contribution in [2.24, 2.45) is 0 Å². The lowest BCUT2D eigenvalue weighted by atomic mass is 10.1. The highest BCUT2D eigenvalue weighted by molar-refractivity contribution is 6.09. The van der Waals surface area contributed by atoms with Crippen LogP contribution in [0.3, 0.4) is 0 Å². The molecule has 1 N–H and O–H groups in total. The summed E-state index contributed by atoms with van der Waals surface area (Å²) in [5.74, 6) is -0.168. The van der Waals surface area contributed by atoms with Crippen molar-refractivity contribution in [1.29, 1.82) is 0 Å². The van der Waals surface area contributed by atoms with Crippen molar-refractivity contribution in [3.8, 4) is 0 Å². The van der Waals surface area contributed by atoms with Crippen LogP contribution in [0.1, 0.15) is 23.0 Å². The van der Waals surface area contributed by atoms with Gasteiger partial charge in [0, 0.05) is 28.7 Å². The van der Waals surface area contributed by atoms with Gasteiger partial charge in [0.05, 0.1) is 17.4 Å². The fourth-order valence-electron chi connectivity index (χ4n) is 3.66. The van der Waals surface area contributed by atoms with Gasteiger partial charge in [-0.25, -0.2) is 4.79 Å². The maximum absolute atomic E-state index is 13.1. The van der Waals surface area contributed by atoms with Crippen molar-refractivity contribution in [1.82, 2.24) is 14.1 Å². The van der Waals surface area contributed by atoms with Crippen LogP contribution in [0.15, 0.2) is 58.1 Å². The number of H-pyrrole nitrogens is 1. The molecule has 6 nitrogen and oxygen atoms in total. The van der Waals surface area contributed by atoms with E-state index in [9.17, 15) is 14.4 Å². The van der Waals surface area contributed by atoms with Gasteiger partial charge in [-0.2, -0.15) is 0 Å². The molecule has 2 aromatic carbocycles. The van der Waals surface area contributed by atoms with Crippen LogP contribution in [0.4, 0.5) is 0 Å². The smallest absolute Gasteiger partial charge is 0.331 e. The third kappa shape index (κ3) is 2.61. The molecule has 0 aliphatic rings. The van der Waals surface area contributed by atoms with E-state index >= 15 is 0 Å². The number of aryl methyl sites for hydroxylation is 1. The number of benzene rings is 2. The lowest BCUT2D eigenvalue weighted by Crippen LogP contribution is -2.40. The summed E-state index contributed by atoms with van der Waals surface area (Å²) in [6.45, 7) is 3.72. The molecule has 0 unspecified atom stereocenters. The number of aromatic nitrogens is 3. The predicted molar refractivity (Wildman–Crippen MR) is 106 cm³/mol. The first-order valence-electron chi connectivity index (χ1n) is 8.85. The molecule has 0 amide bonds. The van der Waals surface area contributed by atoms with E-state index in [1.54, 1.807) is 31.2 Å². The molecule has 0 aliphatic carbocycles. The molecule has 27 heavy (non-hydrogen) atoms. The largest absolute Gasteiger partial charge is 0.358 e. The number of rotatable bonds is 4. The van der Waals surface area contributed by atoms with Gasteiger partial charge in [-0.3, -0.25) is 18.7 Å². The summed E-state index contributed by atoms with van der Waals surface area (Å²) in [5.41, 5.74) is 1.91. The number of nitrogens with one attached hydrogen (secondary N) is 1. The average molecular weight is 361 g/mol. The van der Waals surface area contributed by atoms with Crippen LogP contribution < -0.4 is 11.2 Å². The number of para-hydroxylation sites is 2. The maximum atomic E-state index is 13.1. The Morgan fingerprint density at radius 1 is 0.963 bits per heavy atom. The summed E-state index contributed by atoms with van der Waals surface area (Å²) >= 11 is 0. The number of aromatic amines is 1. The first-order valence-corrected chi connectivity index (χ1v) is 8.85. The number of Topliss-reactive ketones (excluding diaryl/α,β-unsaturated/α-hetero) is 1. The quantitative estimate of drug-likeness (QED) is 0.568. The molecule has 0 bridgehead atoms. The van der Waals surface area contributed by atoms with E-state index in [2.05, 4.69) is 4.98 Å². The molecule has 4 aromatic rings. The molecule has 136 valence electrons. The van der Waals surface area contributed by atoms with Gasteiger partial charge in [-0.1, -0.05) is 30.3 Å². The number of ketones is 1. The molecule has 0 atom stereocenters. The third-order valence-corrected chi connectivity index (χ3v) is 4.92. The third-order valence-electron chi connectivity index (χ3n) is 4.92. The van der Waals surface area contributed by atoms with E-state index in [1.165, 1.54) is 4.57 Å². The minimum Gasteiger partial charge on any atom is -0.358 e. The second-order valence-corrected chi connectivity index (χ2v) is 6.53. The number of hydrogen-bond acceptors (Lipinski definition) is 3. The Kier molecular flexibility index (Phi) is 4.03. The summed E-state index contributed by atoms with van der Waals surface area (Å²) in [6, 6.07) is 14.5. The lowest BCUT2D eigenvalue weighted by molar-refractivity contribution is 0.0972. The molecular formula is C21H19N3O3. The van der Waals surface area contributed by atoms with Gasteiger partial charge in [-0.15, -0.1) is 0 Å². The lowest BCUT2D eigenvalue weighted by Gasteiger charge is -2.12. The van der Waals surface area contributed by atoms with E-state index in [0.29, 0.717) is 16.5 Å². The molecule has 0 spiro atoms. The topological polar surface area (TPSA) is 76.9 Å². The van der Waals surface area contributed by atoms with Gasteiger partial charge in [0.2, 0.25) is 0 Å². The summed E-state index contributed by atoms with van der Waals surface area (Å²) in [6.07, 6.45) is 0. The average Bonchev–Trinajstić information content (AvgIpc) is 3.01. The highest BCUT2D eigenvalue weighted by Crippen LogP contribution is 2.23. The first-order chi connectivity index (χ1) is 13.0. The van der Waals surface area contributed by atoms with Crippen molar-refractivity contribution in [3.63, 3.8) is 0 Å². The number of hydrogen-bond donors (Lipinski definition) is 1. The van der Waals surface area contributed by atoms with Gasteiger partial charge < -0.3 is 4.98 Å². The Bertz CT molecular complexity index is 1310. The number of nitrogens with zero attached hydrogens (tertiary/aromatic N) is 2. The molecule has 0 saturated carbocycles. The summed E-state index contributed by atoms with van der Waals surface area (Å²) in [5, 5.41) is 1.27. The normalized spacial score (nSPS) is 11.3. The van der Waals surface area contributed by atoms with E-state index < -0.39 is 5.69 Å². The Hall–Kier alpha value is -3.41. The Morgan fingerprint density at radius 2 is 1.63 bits per heavy atom. The van der Waals surface area contributed by atoms with Crippen molar-refractivity contribution in [2.45, 2.75) is 26.9 Å². The van der Waals surface area contributed by atoms with E-state index in [4.69, 9.17) is 0 Å². The van der Waals surface area contributed by atoms with Crippen LogP contribution in [0, 0.1) is 6.92 Å². The summed E-state index contributed by atoms with van der Waals surface area (Å²) in [7, 11) is 0. The van der Waals surface area contributed by atoms with Crippen LogP contribution in [0.25, 0.3) is 21.8 Å². The minimum absolute atomic E-state index is 0.123. The van der Waals surface area contributed by atoms with Gasteiger partial charge in [0.15, 0.2) is 5.78 Å². The zero-order chi connectivity index (χ0) is 19.1. The second kappa shape index (κ2) is 6.39. The molecular weight excluding hydrogens is 342 g/mol. The van der Waals surface area contributed by atoms with Crippen molar-refractivity contribution in [2.75, 3.05) is 0 Å². The highest BCUT2D eigenvalue weighted by atomic mass is 16.2. The fraction of sp³-hybridized carbons (Fsp3) is 0.190. The number of carbonyl (C=O) groups is 1. The van der Waals surface area contributed by atoms with Crippen molar-refractivity contribution >= 4 is 27.6 Å². The molecule has 2 heterocycles. The van der Waals surface area contributed by atoms with Gasteiger partial charge in [0.1, 0.15) is 0 Å². The Balaban J connectivity index is 1.91. The van der Waals surface area contributed by atoms with Crippen LogP contribution in [0.2, 0.25) is 0 Å². The molecule has 0 aliphatic heterocycles. The number of fused-ring (bicyclic) bond motifs is 2. The van der Waals surface area contributed by atoms with E-state index in [1.807, 2.05) is 31.2 Å². The highest BCUT2D eigenvalue weighted by Gasteiger charge is 2.19. The van der Waals surface area contributed by atoms with E-state index in [0.717, 1.165) is 21.2 Å². The first kappa shape index (κ1) is 17.0. The predicted octanol–water partition coefficient (Wildman–Crippen LogP) is 2.86. The fourth-order valence-corrected chi connectivity index (χ4v) is 3.66. The molecule has 4 rings (SSSR count). The van der Waals surface area contributed by atoms with Gasteiger partial charge in [0.25, 0.3) is 5.56 Å². The van der Waals surface area contributed by atoms with Crippen LogP contribution >= 0.6 is 0 Å². The van der Waals surface area contributed by atoms with Gasteiger partial charge >= 0.3 is 5.69 Å². The van der Waals surface area contributed by atoms with Crippen molar-refractivity contribution < 1.29 is 4.79 Å². The van der Waals surface area contributed by atoms with E-state index in [-0.39, 0.29) is 24.4 Å². The Labute approximate surface area is 154 Å². The maximum Gasteiger partial charge on any atom is 0.331 e. The second-order valence-electron chi connectivity index (χ2n) is 6.53. The standard InChI is InChI=1S/C21H19N3O3/c1-3-23-20(26)15-9-5-7-11-17(15)24(21(23)27)12-18(25)19-13(2)22-16-10-6-4-8-14(16)19/h4-11,22H,3,12H2,1-2H3. The molecule has 0 saturated heterocycles. The molecule has 0 fully saturated rings. The number of carbonyl (C=O) groups excluding carboxylic acids is 1. The molecule has 2 aromatic heterocycles. The molecule has 0 radical (unpaired) electrons. The van der Waals surface area contributed by atoms with Crippen LogP contribution in [-0.4, -0.2) is 19.9 Å². The van der Waals surface area contributed by atoms with Crippen LogP contribution in [-0.2, 0) is 13.1 Å². The zero-order valence-corrected chi connectivity index (χ0v) is 15.2. The zero-order valence-electron chi connectivity index (χ0n) is 15.2. The SMILES string of the molecule is CCn1c(=O)c2ccccc2n(CC(=O)c2c(C)[nH]c3ccccc23)c1=O. The van der Waals surface area contributed by atoms with Gasteiger partial charge in [-0.05, 0) is 32.0 Å².